The van der Waals surface area contributed by atoms with Crippen LogP contribution in [0.1, 0.15) is 42.4 Å². The van der Waals surface area contributed by atoms with E-state index in [1.54, 1.807) is 0 Å². The van der Waals surface area contributed by atoms with E-state index in [9.17, 15) is 0 Å². The minimum absolute atomic E-state index is 0.0539. The second kappa shape index (κ2) is 9.67. The highest BCUT2D eigenvalue weighted by Crippen LogP contribution is 2.40. The number of thiocarbonyl (C=S) groups is 1. The third-order valence-electron chi connectivity index (χ3n) is 5.83. The minimum Gasteiger partial charge on any atom is -0.353 e. The van der Waals surface area contributed by atoms with Crippen molar-refractivity contribution in [3.63, 3.8) is 0 Å². The first-order valence-corrected chi connectivity index (χ1v) is 12.0. The van der Waals surface area contributed by atoms with E-state index in [2.05, 4.69) is 96.4 Å². The minimum atomic E-state index is -0.0539. The third kappa shape index (κ3) is 5.05. The fourth-order valence-corrected chi connectivity index (χ4v) is 5.49. The van der Waals surface area contributed by atoms with E-state index in [4.69, 9.17) is 12.2 Å². The van der Waals surface area contributed by atoms with Gasteiger partial charge >= 0.3 is 0 Å². The highest BCUT2D eigenvalue weighted by atomic mass is 32.2. The van der Waals surface area contributed by atoms with E-state index in [1.807, 2.05) is 11.8 Å². The summed E-state index contributed by atoms with van der Waals surface area (Å²) in [4.78, 5) is 1.29. The van der Waals surface area contributed by atoms with Gasteiger partial charge in [-0.1, -0.05) is 67.4 Å². The van der Waals surface area contributed by atoms with Crippen molar-refractivity contribution in [2.75, 3.05) is 5.32 Å². The van der Waals surface area contributed by atoms with E-state index in [1.165, 1.54) is 34.4 Å². The summed E-state index contributed by atoms with van der Waals surface area (Å²) in [6.45, 7) is 2.19. The molecule has 1 aliphatic rings. The molecule has 0 unspecified atom stereocenters. The quantitative estimate of drug-likeness (QED) is 0.322. The molecule has 0 amide bonds. The summed E-state index contributed by atoms with van der Waals surface area (Å²) in [5, 5.41) is 7.77. The van der Waals surface area contributed by atoms with Crippen molar-refractivity contribution in [1.82, 2.24) is 5.32 Å². The predicted octanol–water partition coefficient (Wildman–Crippen LogP) is 7.04. The Balaban J connectivity index is 1.38. The second-order valence-electron chi connectivity index (χ2n) is 7.98. The molecule has 0 bridgehead atoms. The van der Waals surface area contributed by atoms with Crippen LogP contribution in [0.25, 0.3) is 0 Å². The Bertz CT molecular complexity index is 977. The van der Waals surface area contributed by atoms with Crippen LogP contribution in [0.4, 0.5) is 5.69 Å². The van der Waals surface area contributed by atoms with E-state index in [0.717, 1.165) is 24.3 Å². The number of hydrogen-bond donors (Lipinski definition) is 2. The molecule has 1 fully saturated rings. The van der Waals surface area contributed by atoms with Crippen LogP contribution in [-0.4, -0.2) is 5.11 Å². The van der Waals surface area contributed by atoms with Crippen LogP contribution in [0.2, 0.25) is 0 Å². The summed E-state index contributed by atoms with van der Waals surface area (Å²) in [7, 11) is 0. The molecule has 154 valence electrons. The predicted molar refractivity (Wildman–Crippen MR) is 133 cm³/mol. The Labute approximate surface area is 189 Å². The van der Waals surface area contributed by atoms with Gasteiger partial charge in [0.25, 0.3) is 0 Å². The zero-order valence-electron chi connectivity index (χ0n) is 17.4. The molecule has 2 nitrogen and oxygen atoms in total. The highest BCUT2D eigenvalue weighted by molar-refractivity contribution is 7.98. The van der Waals surface area contributed by atoms with Gasteiger partial charge in [-0.3, -0.25) is 0 Å². The molecule has 3 aromatic carbocycles. The van der Waals surface area contributed by atoms with Crippen LogP contribution >= 0.6 is 24.0 Å². The molecule has 30 heavy (non-hydrogen) atoms. The largest absolute Gasteiger partial charge is 0.353 e. The van der Waals surface area contributed by atoms with Crippen LogP contribution in [0, 0.1) is 6.92 Å². The van der Waals surface area contributed by atoms with Gasteiger partial charge in [-0.2, -0.15) is 0 Å². The first kappa shape index (κ1) is 21.0. The molecule has 4 heteroatoms. The van der Waals surface area contributed by atoms with Crippen molar-refractivity contribution in [3.05, 3.63) is 95.6 Å². The molecule has 0 aromatic heterocycles. The van der Waals surface area contributed by atoms with Gasteiger partial charge in [0.2, 0.25) is 0 Å². The fourth-order valence-electron chi connectivity index (χ4n) is 4.30. The molecule has 2 N–H and O–H groups in total. The monoisotopic (exact) mass is 432 g/mol. The van der Waals surface area contributed by atoms with Gasteiger partial charge in [-0.05, 0) is 72.9 Å². The van der Waals surface area contributed by atoms with E-state index >= 15 is 0 Å². The summed E-state index contributed by atoms with van der Waals surface area (Å²) < 4.78 is 0. The van der Waals surface area contributed by atoms with Gasteiger partial charge < -0.3 is 10.6 Å². The zero-order chi connectivity index (χ0) is 20.8. The van der Waals surface area contributed by atoms with E-state index < -0.39 is 0 Å². The summed E-state index contributed by atoms with van der Waals surface area (Å²) in [6, 6.07) is 27.8. The van der Waals surface area contributed by atoms with Crippen molar-refractivity contribution in [2.24, 2.45) is 0 Å². The van der Waals surface area contributed by atoms with Crippen molar-refractivity contribution in [2.45, 2.75) is 48.8 Å². The summed E-state index contributed by atoms with van der Waals surface area (Å²) in [5.74, 6) is 0.962. The number of hydrogen-bond acceptors (Lipinski definition) is 2. The maximum absolute atomic E-state index is 5.71. The van der Waals surface area contributed by atoms with Crippen LogP contribution in [-0.2, 0) is 11.3 Å². The Hall–Kier alpha value is -2.30. The number of benzene rings is 3. The molecule has 3 aromatic rings. The molecule has 0 spiro atoms. The van der Waals surface area contributed by atoms with Gasteiger partial charge in [0, 0.05) is 16.3 Å². The molecule has 4 rings (SSSR count). The average Bonchev–Trinajstić information content (AvgIpc) is 3.23. The zero-order valence-corrected chi connectivity index (χ0v) is 19.0. The Morgan fingerprint density at radius 1 is 0.900 bits per heavy atom. The maximum atomic E-state index is 5.71. The smallest absolute Gasteiger partial charge is 0.171 e. The Kier molecular flexibility index (Phi) is 6.76. The summed E-state index contributed by atoms with van der Waals surface area (Å²) in [6.07, 6.45) is 4.71. The van der Waals surface area contributed by atoms with Crippen molar-refractivity contribution in [1.29, 1.82) is 0 Å². The van der Waals surface area contributed by atoms with E-state index in [0.29, 0.717) is 5.11 Å². The molecular formula is C26H28N2S2. The van der Waals surface area contributed by atoms with Crippen molar-refractivity contribution >= 4 is 34.8 Å². The standard InChI is InChI=1S/C26H28N2S2/c1-20-9-5-6-12-24(20)26(17-7-8-18-26)28-25(29)27-22-15-13-21(14-16-22)19-30-23-10-3-2-4-11-23/h2-6,9-16H,7-8,17-19H2,1H3,(H2,27,28,29). The molecule has 1 aliphatic carbocycles. The summed E-state index contributed by atoms with van der Waals surface area (Å²) >= 11 is 7.56. The van der Waals surface area contributed by atoms with Gasteiger partial charge in [-0.25, -0.2) is 0 Å². The lowest BCUT2D eigenvalue weighted by atomic mass is 9.85. The number of thioether (sulfide) groups is 1. The Morgan fingerprint density at radius 3 is 2.27 bits per heavy atom. The number of anilines is 1. The topological polar surface area (TPSA) is 24.1 Å². The van der Waals surface area contributed by atoms with Gasteiger partial charge in [0.15, 0.2) is 5.11 Å². The van der Waals surface area contributed by atoms with Crippen LogP contribution in [0.3, 0.4) is 0 Å². The van der Waals surface area contributed by atoms with Crippen LogP contribution in [0.15, 0.2) is 83.8 Å². The molecule has 1 saturated carbocycles. The lowest BCUT2D eigenvalue weighted by molar-refractivity contribution is 0.406. The summed E-state index contributed by atoms with van der Waals surface area (Å²) in [5.41, 5.74) is 4.98. The first-order valence-electron chi connectivity index (χ1n) is 10.6. The Morgan fingerprint density at radius 2 is 1.57 bits per heavy atom. The molecule has 0 heterocycles. The average molecular weight is 433 g/mol. The highest BCUT2D eigenvalue weighted by Gasteiger charge is 2.37. The van der Waals surface area contributed by atoms with Gasteiger partial charge in [0.05, 0.1) is 5.54 Å². The normalized spacial score (nSPS) is 15.0. The van der Waals surface area contributed by atoms with Crippen molar-refractivity contribution < 1.29 is 0 Å². The molecule has 0 atom stereocenters. The SMILES string of the molecule is Cc1ccccc1C1(NC(=S)Nc2ccc(CSc3ccccc3)cc2)CCCC1. The number of nitrogens with one attached hydrogen (secondary N) is 2. The molecular weight excluding hydrogens is 404 g/mol. The lowest BCUT2D eigenvalue weighted by Gasteiger charge is -2.33. The number of rotatable bonds is 6. The lowest BCUT2D eigenvalue weighted by Crippen LogP contribution is -2.46. The fraction of sp³-hybridized carbons (Fsp3) is 0.269. The number of aryl methyl sites for hydroxylation is 1. The van der Waals surface area contributed by atoms with Gasteiger partial charge in [0.1, 0.15) is 0 Å². The van der Waals surface area contributed by atoms with Crippen LogP contribution in [0.5, 0.6) is 0 Å². The molecule has 0 radical (unpaired) electrons. The second-order valence-corrected chi connectivity index (χ2v) is 9.44. The van der Waals surface area contributed by atoms with Crippen LogP contribution < -0.4 is 10.6 Å². The maximum Gasteiger partial charge on any atom is 0.171 e. The molecule has 0 saturated heterocycles. The van der Waals surface area contributed by atoms with Gasteiger partial charge in [-0.15, -0.1) is 11.8 Å². The van der Waals surface area contributed by atoms with Crippen molar-refractivity contribution in [3.8, 4) is 0 Å². The molecule has 0 aliphatic heterocycles. The first-order chi connectivity index (χ1) is 14.6. The third-order valence-corrected chi connectivity index (χ3v) is 7.12. The van der Waals surface area contributed by atoms with E-state index in [-0.39, 0.29) is 5.54 Å².